The van der Waals surface area contributed by atoms with Crippen LogP contribution in [0, 0.1) is 6.92 Å². The first kappa shape index (κ1) is 17.1. The van der Waals surface area contributed by atoms with Crippen LogP contribution in [0.5, 0.6) is 5.75 Å². The second-order valence-corrected chi connectivity index (χ2v) is 7.62. The Morgan fingerprint density at radius 2 is 2.00 bits per heavy atom. The SMILES string of the molecule is COc1c(C)cccc1CN1CC[C@]2(CCc3ccccc3C(=O)N2)C1. The van der Waals surface area contributed by atoms with Gasteiger partial charge < -0.3 is 10.1 Å². The molecule has 0 bridgehead atoms. The molecule has 2 aromatic rings. The second-order valence-electron chi connectivity index (χ2n) is 7.62. The van der Waals surface area contributed by atoms with Crippen molar-refractivity contribution < 1.29 is 9.53 Å². The number of carbonyl (C=O) groups is 1. The van der Waals surface area contributed by atoms with E-state index in [9.17, 15) is 4.79 Å². The predicted octanol–water partition coefficient (Wildman–Crippen LogP) is 3.32. The zero-order valence-corrected chi connectivity index (χ0v) is 15.5. The second kappa shape index (κ2) is 6.76. The topological polar surface area (TPSA) is 41.6 Å². The first-order valence-corrected chi connectivity index (χ1v) is 9.35. The normalized spacial score (nSPS) is 22.8. The summed E-state index contributed by atoms with van der Waals surface area (Å²) in [6.07, 6.45) is 2.95. The molecule has 1 spiro atoms. The third-order valence-corrected chi connectivity index (χ3v) is 5.84. The summed E-state index contributed by atoms with van der Waals surface area (Å²) in [6.45, 7) is 4.82. The zero-order valence-electron chi connectivity index (χ0n) is 15.5. The molecule has 4 nitrogen and oxygen atoms in total. The van der Waals surface area contributed by atoms with Crippen LogP contribution in [0.25, 0.3) is 0 Å². The van der Waals surface area contributed by atoms with E-state index in [-0.39, 0.29) is 11.4 Å². The van der Waals surface area contributed by atoms with Gasteiger partial charge in [-0.25, -0.2) is 0 Å². The lowest BCUT2D eigenvalue weighted by Gasteiger charge is -2.29. The largest absolute Gasteiger partial charge is 0.496 e. The number of rotatable bonds is 3. The van der Waals surface area contributed by atoms with Crippen LogP contribution in [-0.4, -0.2) is 36.5 Å². The first-order chi connectivity index (χ1) is 12.6. The summed E-state index contributed by atoms with van der Waals surface area (Å²) in [6, 6.07) is 14.3. The maximum absolute atomic E-state index is 12.7. The molecular weight excluding hydrogens is 324 g/mol. The van der Waals surface area contributed by atoms with Gasteiger partial charge in [0.1, 0.15) is 5.75 Å². The lowest BCUT2D eigenvalue weighted by Crippen LogP contribution is -2.49. The van der Waals surface area contributed by atoms with E-state index in [4.69, 9.17) is 4.74 Å². The van der Waals surface area contributed by atoms with Gasteiger partial charge in [-0.2, -0.15) is 0 Å². The summed E-state index contributed by atoms with van der Waals surface area (Å²) in [5.41, 5.74) is 4.27. The summed E-state index contributed by atoms with van der Waals surface area (Å²) in [4.78, 5) is 15.2. The number of para-hydroxylation sites is 1. The standard InChI is InChI=1S/C22H26N2O2/c1-16-6-5-8-18(20(16)26-2)14-24-13-12-22(15-24)11-10-17-7-3-4-9-19(17)21(25)23-22/h3-9H,10-15H2,1-2H3,(H,23,25)/t22-/m1/s1. The molecule has 0 aromatic heterocycles. The van der Waals surface area contributed by atoms with Crippen molar-refractivity contribution in [3.05, 3.63) is 64.7 Å². The molecule has 2 aliphatic rings. The van der Waals surface area contributed by atoms with Gasteiger partial charge in [0.2, 0.25) is 0 Å². The van der Waals surface area contributed by atoms with Crippen molar-refractivity contribution in [1.82, 2.24) is 10.2 Å². The van der Waals surface area contributed by atoms with Crippen molar-refractivity contribution >= 4 is 5.91 Å². The van der Waals surface area contributed by atoms with Gasteiger partial charge in [-0.1, -0.05) is 36.4 Å². The van der Waals surface area contributed by atoms with E-state index in [1.807, 2.05) is 18.2 Å². The number of likely N-dealkylation sites (tertiary alicyclic amines) is 1. The lowest BCUT2D eigenvalue weighted by molar-refractivity contribution is 0.0902. The molecule has 4 heteroatoms. The van der Waals surface area contributed by atoms with Crippen molar-refractivity contribution in [3.8, 4) is 5.75 Å². The number of ether oxygens (including phenoxy) is 1. The number of aryl methyl sites for hydroxylation is 2. The Morgan fingerprint density at radius 3 is 2.85 bits per heavy atom. The number of nitrogens with one attached hydrogen (secondary N) is 1. The minimum atomic E-state index is -0.118. The summed E-state index contributed by atoms with van der Waals surface area (Å²) in [5, 5.41) is 3.35. The lowest BCUT2D eigenvalue weighted by atomic mass is 9.91. The van der Waals surface area contributed by atoms with E-state index < -0.39 is 0 Å². The van der Waals surface area contributed by atoms with Crippen LogP contribution in [0.4, 0.5) is 0 Å². The predicted molar refractivity (Wildman–Crippen MR) is 103 cm³/mol. The van der Waals surface area contributed by atoms with Gasteiger partial charge in [0.15, 0.2) is 0 Å². The van der Waals surface area contributed by atoms with Gasteiger partial charge in [0, 0.05) is 30.8 Å². The number of carbonyl (C=O) groups excluding carboxylic acids is 1. The Balaban J connectivity index is 1.51. The van der Waals surface area contributed by atoms with Crippen molar-refractivity contribution in [3.63, 3.8) is 0 Å². The third-order valence-electron chi connectivity index (χ3n) is 5.84. The van der Waals surface area contributed by atoms with Crippen LogP contribution >= 0.6 is 0 Å². The highest BCUT2D eigenvalue weighted by Gasteiger charge is 2.41. The molecule has 0 radical (unpaired) electrons. The zero-order chi connectivity index (χ0) is 18.1. The van der Waals surface area contributed by atoms with Gasteiger partial charge in [0.05, 0.1) is 12.6 Å². The molecule has 1 fully saturated rings. The molecule has 1 N–H and O–H groups in total. The average Bonchev–Trinajstić information content (AvgIpc) is 2.96. The molecule has 1 saturated heterocycles. The molecule has 2 aromatic carbocycles. The van der Waals surface area contributed by atoms with E-state index in [1.54, 1.807) is 7.11 Å². The highest BCUT2D eigenvalue weighted by atomic mass is 16.5. The molecule has 4 rings (SSSR count). The quantitative estimate of drug-likeness (QED) is 0.923. The monoisotopic (exact) mass is 350 g/mol. The fraction of sp³-hybridized carbons (Fsp3) is 0.409. The number of hydrogen-bond donors (Lipinski definition) is 1. The van der Waals surface area contributed by atoms with Crippen molar-refractivity contribution in [1.29, 1.82) is 0 Å². The number of nitrogens with zero attached hydrogens (tertiary/aromatic N) is 1. The molecule has 1 amide bonds. The Morgan fingerprint density at radius 1 is 1.15 bits per heavy atom. The summed E-state index contributed by atoms with van der Waals surface area (Å²) < 4.78 is 5.61. The maximum atomic E-state index is 12.7. The van der Waals surface area contributed by atoms with E-state index in [0.717, 1.165) is 55.8 Å². The number of hydrogen-bond acceptors (Lipinski definition) is 3. The number of amides is 1. The Bertz CT molecular complexity index is 833. The Labute approximate surface area is 155 Å². The Kier molecular flexibility index (Phi) is 4.45. The minimum absolute atomic E-state index is 0.0769. The van der Waals surface area contributed by atoms with Crippen molar-refractivity contribution in [2.24, 2.45) is 0 Å². The van der Waals surface area contributed by atoms with Gasteiger partial charge in [-0.15, -0.1) is 0 Å². The molecule has 2 aliphatic heterocycles. The minimum Gasteiger partial charge on any atom is -0.496 e. The number of fused-ring (bicyclic) bond motifs is 1. The summed E-state index contributed by atoms with van der Waals surface area (Å²) in [7, 11) is 1.74. The Hall–Kier alpha value is -2.33. The molecule has 0 unspecified atom stereocenters. The van der Waals surface area contributed by atoms with Crippen LogP contribution in [0.3, 0.4) is 0 Å². The highest BCUT2D eigenvalue weighted by Crippen LogP contribution is 2.33. The molecule has 2 heterocycles. The van der Waals surface area contributed by atoms with Gasteiger partial charge >= 0.3 is 0 Å². The van der Waals surface area contributed by atoms with E-state index in [0.29, 0.717) is 0 Å². The van der Waals surface area contributed by atoms with Gasteiger partial charge in [-0.3, -0.25) is 9.69 Å². The van der Waals surface area contributed by atoms with Gasteiger partial charge in [0.25, 0.3) is 5.91 Å². The van der Waals surface area contributed by atoms with Crippen LogP contribution in [-0.2, 0) is 13.0 Å². The van der Waals surface area contributed by atoms with Crippen LogP contribution in [0.15, 0.2) is 42.5 Å². The highest BCUT2D eigenvalue weighted by molar-refractivity contribution is 5.96. The van der Waals surface area contributed by atoms with E-state index >= 15 is 0 Å². The number of methoxy groups -OCH3 is 1. The summed E-state index contributed by atoms with van der Waals surface area (Å²) >= 11 is 0. The van der Waals surface area contributed by atoms with Crippen molar-refractivity contribution in [2.45, 2.75) is 38.3 Å². The fourth-order valence-corrected chi connectivity index (χ4v) is 4.47. The molecule has 136 valence electrons. The molecule has 1 atom stereocenters. The van der Waals surface area contributed by atoms with Crippen molar-refractivity contribution in [2.75, 3.05) is 20.2 Å². The fourth-order valence-electron chi connectivity index (χ4n) is 4.47. The van der Waals surface area contributed by atoms with Crippen LogP contribution < -0.4 is 10.1 Å². The molecular formula is C22H26N2O2. The maximum Gasteiger partial charge on any atom is 0.252 e. The van der Waals surface area contributed by atoms with E-state index in [2.05, 4.69) is 41.4 Å². The molecule has 26 heavy (non-hydrogen) atoms. The third kappa shape index (κ3) is 3.10. The molecule has 0 aliphatic carbocycles. The van der Waals surface area contributed by atoms with Crippen LogP contribution in [0.1, 0.15) is 39.9 Å². The van der Waals surface area contributed by atoms with E-state index in [1.165, 1.54) is 11.1 Å². The summed E-state index contributed by atoms with van der Waals surface area (Å²) in [5.74, 6) is 1.05. The van der Waals surface area contributed by atoms with Gasteiger partial charge in [-0.05, 0) is 43.4 Å². The smallest absolute Gasteiger partial charge is 0.252 e. The van der Waals surface area contributed by atoms with Crippen LogP contribution in [0.2, 0.25) is 0 Å². The average molecular weight is 350 g/mol. The molecule has 0 saturated carbocycles. The first-order valence-electron chi connectivity index (χ1n) is 9.35. The number of benzene rings is 2.